The van der Waals surface area contributed by atoms with Gasteiger partial charge in [0.15, 0.2) is 11.5 Å². The molecule has 7 heteroatoms. The maximum absolute atomic E-state index is 13.5. The molecule has 6 nitrogen and oxygen atoms in total. The van der Waals surface area contributed by atoms with E-state index in [1.54, 1.807) is 24.7 Å². The lowest BCUT2D eigenvalue weighted by Crippen LogP contribution is -2.23. The average molecular weight is 416 g/mol. The molecule has 31 heavy (non-hydrogen) atoms. The second-order valence-electron chi connectivity index (χ2n) is 7.63. The van der Waals surface area contributed by atoms with Crippen molar-refractivity contribution in [3.63, 3.8) is 0 Å². The van der Waals surface area contributed by atoms with E-state index in [4.69, 9.17) is 14.5 Å². The molecule has 1 aliphatic rings. The Morgan fingerprint density at radius 2 is 1.84 bits per heavy atom. The summed E-state index contributed by atoms with van der Waals surface area (Å²) in [7, 11) is 2.05. The predicted octanol–water partition coefficient (Wildman–Crippen LogP) is 4.75. The van der Waals surface area contributed by atoms with Gasteiger partial charge in [-0.15, -0.1) is 0 Å². The fourth-order valence-corrected chi connectivity index (χ4v) is 3.77. The van der Waals surface area contributed by atoms with Crippen LogP contribution in [0.1, 0.15) is 24.2 Å². The maximum atomic E-state index is 13.5. The van der Waals surface area contributed by atoms with Gasteiger partial charge < -0.3 is 9.47 Å². The molecule has 0 N–H and O–H groups in total. The van der Waals surface area contributed by atoms with E-state index in [1.807, 2.05) is 25.2 Å². The van der Waals surface area contributed by atoms with Crippen molar-refractivity contribution in [2.75, 3.05) is 13.8 Å². The standard InChI is InChI=1S/C24H21FN4O2/c1-15(20-7-8-26-13-27-20)29(2)12-18-9-17-10-22-23(31-14-30-22)11-21(17)28-24(18)16-3-5-19(25)6-4-16/h3-11,13,15H,12,14H2,1-2H3/t15-/m1/s1. The van der Waals surface area contributed by atoms with Crippen molar-refractivity contribution in [2.24, 2.45) is 0 Å². The van der Waals surface area contributed by atoms with Crippen molar-refractivity contribution in [1.29, 1.82) is 0 Å². The summed E-state index contributed by atoms with van der Waals surface area (Å²) in [5.74, 6) is 1.13. The minimum absolute atomic E-state index is 0.0801. The fourth-order valence-electron chi connectivity index (χ4n) is 3.77. The van der Waals surface area contributed by atoms with Crippen LogP contribution in [0.2, 0.25) is 0 Å². The van der Waals surface area contributed by atoms with E-state index < -0.39 is 0 Å². The molecular weight excluding hydrogens is 395 g/mol. The quantitative estimate of drug-likeness (QED) is 0.468. The molecule has 0 bridgehead atoms. The fraction of sp³-hybridized carbons (Fsp3) is 0.208. The summed E-state index contributed by atoms with van der Waals surface area (Å²) in [6.07, 6.45) is 3.31. The van der Waals surface area contributed by atoms with Crippen molar-refractivity contribution < 1.29 is 13.9 Å². The number of rotatable bonds is 5. The first-order valence-electron chi connectivity index (χ1n) is 10.0. The molecule has 0 saturated heterocycles. The molecule has 0 aliphatic carbocycles. The molecular formula is C24H21FN4O2. The largest absolute Gasteiger partial charge is 0.454 e. The highest BCUT2D eigenvalue weighted by atomic mass is 19.1. The summed E-state index contributed by atoms with van der Waals surface area (Å²) in [6.45, 7) is 2.95. The van der Waals surface area contributed by atoms with E-state index >= 15 is 0 Å². The number of benzene rings is 2. The van der Waals surface area contributed by atoms with E-state index in [1.165, 1.54) is 12.1 Å². The molecule has 5 rings (SSSR count). The molecule has 1 atom stereocenters. The number of hydrogen-bond donors (Lipinski definition) is 0. The van der Waals surface area contributed by atoms with Gasteiger partial charge in [0.25, 0.3) is 0 Å². The third kappa shape index (κ3) is 3.80. The van der Waals surface area contributed by atoms with Crippen LogP contribution >= 0.6 is 0 Å². The topological polar surface area (TPSA) is 60.4 Å². The van der Waals surface area contributed by atoms with E-state index in [-0.39, 0.29) is 18.7 Å². The van der Waals surface area contributed by atoms with Gasteiger partial charge in [-0.1, -0.05) is 0 Å². The smallest absolute Gasteiger partial charge is 0.231 e. The maximum Gasteiger partial charge on any atom is 0.231 e. The Morgan fingerprint density at radius 1 is 1.06 bits per heavy atom. The zero-order chi connectivity index (χ0) is 21.4. The first-order chi connectivity index (χ1) is 15.1. The van der Waals surface area contributed by atoms with Crippen LogP contribution in [0.4, 0.5) is 4.39 Å². The highest BCUT2D eigenvalue weighted by molar-refractivity contribution is 5.86. The van der Waals surface area contributed by atoms with E-state index in [0.29, 0.717) is 12.3 Å². The molecule has 0 amide bonds. The lowest BCUT2D eigenvalue weighted by Gasteiger charge is -2.25. The van der Waals surface area contributed by atoms with Gasteiger partial charge in [0, 0.05) is 35.8 Å². The number of fused-ring (bicyclic) bond motifs is 2. The summed E-state index contributed by atoms with van der Waals surface area (Å²) < 4.78 is 24.6. The molecule has 156 valence electrons. The third-order valence-corrected chi connectivity index (χ3v) is 5.62. The minimum atomic E-state index is -0.274. The molecule has 0 fully saturated rings. The van der Waals surface area contributed by atoms with Crippen LogP contribution in [-0.2, 0) is 6.54 Å². The monoisotopic (exact) mass is 416 g/mol. The lowest BCUT2D eigenvalue weighted by atomic mass is 10.0. The lowest BCUT2D eigenvalue weighted by molar-refractivity contribution is 0.174. The summed E-state index contributed by atoms with van der Waals surface area (Å²) in [5, 5.41) is 0.966. The second-order valence-corrected chi connectivity index (χ2v) is 7.63. The van der Waals surface area contributed by atoms with Gasteiger partial charge in [0.1, 0.15) is 12.1 Å². The normalized spacial score (nSPS) is 13.7. The third-order valence-electron chi connectivity index (χ3n) is 5.62. The van der Waals surface area contributed by atoms with Gasteiger partial charge in [-0.2, -0.15) is 0 Å². The molecule has 2 aromatic carbocycles. The molecule has 0 unspecified atom stereocenters. The van der Waals surface area contributed by atoms with E-state index in [9.17, 15) is 4.39 Å². The van der Waals surface area contributed by atoms with Crippen LogP contribution in [0, 0.1) is 5.82 Å². The SMILES string of the molecule is C[C@H](c1ccncn1)N(C)Cc1cc2cc3c(cc2nc1-c1ccc(F)cc1)OCO3. The number of nitrogens with zero attached hydrogens (tertiary/aromatic N) is 4. The number of hydrogen-bond acceptors (Lipinski definition) is 6. The average Bonchev–Trinajstić information content (AvgIpc) is 3.25. The second kappa shape index (κ2) is 7.92. The number of halogens is 1. The highest BCUT2D eigenvalue weighted by Gasteiger charge is 2.20. The van der Waals surface area contributed by atoms with Gasteiger partial charge in [-0.05, 0) is 62.0 Å². The Labute approximate surface area is 179 Å². The highest BCUT2D eigenvalue weighted by Crippen LogP contribution is 2.37. The van der Waals surface area contributed by atoms with Crippen LogP contribution in [0.3, 0.4) is 0 Å². The van der Waals surface area contributed by atoms with Crippen LogP contribution in [0.5, 0.6) is 11.5 Å². The minimum Gasteiger partial charge on any atom is -0.454 e. The van der Waals surface area contributed by atoms with Gasteiger partial charge >= 0.3 is 0 Å². The van der Waals surface area contributed by atoms with E-state index in [0.717, 1.165) is 39.2 Å². The Kier molecular flexibility index (Phi) is 4.95. The van der Waals surface area contributed by atoms with Gasteiger partial charge in [-0.25, -0.2) is 19.3 Å². The molecule has 0 saturated carbocycles. The Bertz CT molecular complexity index is 1230. The van der Waals surface area contributed by atoms with Crippen molar-refractivity contribution >= 4 is 10.9 Å². The number of aromatic nitrogens is 3. The van der Waals surface area contributed by atoms with Crippen LogP contribution in [0.15, 0.2) is 61.1 Å². The van der Waals surface area contributed by atoms with Crippen molar-refractivity contribution in [3.8, 4) is 22.8 Å². The molecule has 1 aliphatic heterocycles. The molecule has 0 spiro atoms. The van der Waals surface area contributed by atoms with Crippen molar-refractivity contribution in [3.05, 3.63) is 78.1 Å². The van der Waals surface area contributed by atoms with Crippen LogP contribution in [-0.4, -0.2) is 33.7 Å². The van der Waals surface area contributed by atoms with Gasteiger partial charge in [-0.3, -0.25) is 4.90 Å². The summed E-state index contributed by atoms with van der Waals surface area (Å²) in [5.41, 5.74) is 4.45. The van der Waals surface area contributed by atoms with Crippen molar-refractivity contribution in [2.45, 2.75) is 19.5 Å². The zero-order valence-corrected chi connectivity index (χ0v) is 17.2. The zero-order valence-electron chi connectivity index (χ0n) is 17.2. The van der Waals surface area contributed by atoms with Gasteiger partial charge in [0.05, 0.1) is 16.9 Å². The summed E-state index contributed by atoms with van der Waals surface area (Å²) in [4.78, 5) is 15.5. The molecule has 3 heterocycles. The Morgan fingerprint density at radius 3 is 2.58 bits per heavy atom. The van der Waals surface area contributed by atoms with Crippen LogP contribution in [0.25, 0.3) is 22.2 Å². The first-order valence-corrected chi connectivity index (χ1v) is 10.0. The summed E-state index contributed by atoms with van der Waals surface area (Å²) >= 11 is 0. The van der Waals surface area contributed by atoms with Crippen LogP contribution < -0.4 is 9.47 Å². The molecule has 2 aromatic heterocycles. The summed E-state index contributed by atoms with van der Waals surface area (Å²) in [6, 6.07) is 14.4. The molecule has 4 aromatic rings. The van der Waals surface area contributed by atoms with Gasteiger partial charge in [0.2, 0.25) is 6.79 Å². The Hall–Kier alpha value is -3.58. The first kappa shape index (κ1) is 19.4. The van der Waals surface area contributed by atoms with Crippen molar-refractivity contribution in [1.82, 2.24) is 19.9 Å². The number of pyridine rings is 1. The number of ether oxygens (including phenoxy) is 2. The molecule has 0 radical (unpaired) electrons. The predicted molar refractivity (Wildman–Crippen MR) is 115 cm³/mol. The Balaban J connectivity index is 1.58. The van der Waals surface area contributed by atoms with E-state index in [2.05, 4.69) is 27.9 Å².